The third kappa shape index (κ3) is 2.75. The van der Waals surface area contributed by atoms with Crippen LogP contribution in [0.1, 0.15) is 5.56 Å². The lowest BCUT2D eigenvalue weighted by Gasteiger charge is -2.12. The molecule has 1 N–H and O–H groups in total. The molecule has 0 saturated carbocycles. The van der Waals surface area contributed by atoms with Crippen molar-refractivity contribution in [2.24, 2.45) is 14.1 Å². The summed E-state index contributed by atoms with van der Waals surface area (Å²) in [6.45, 7) is 0.285. The number of fused-ring (bicyclic) bond motifs is 1. The van der Waals surface area contributed by atoms with Crippen molar-refractivity contribution in [2.75, 3.05) is 5.32 Å². The SMILES string of the molecule is Cn1c(=O)c2c(NCc3ccccc3)c([N+](=O)[O-])cnc2n(C)c1=O. The Bertz CT molecular complexity index is 1090. The molecule has 0 spiro atoms. The molecule has 0 atom stereocenters. The standard InChI is InChI=1S/C16H15N5O4/c1-19-14-12(15(22)20(2)16(19)23)13(11(9-18-14)21(24)25)17-8-10-6-4-3-5-7-10/h3-7,9H,8H2,1-2H3,(H,17,18). The number of aromatic nitrogens is 3. The van der Waals surface area contributed by atoms with Gasteiger partial charge in [-0.15, -0.1) is 0 Å². The molecule has 9 heteroatoms. The van der Waals surface area contributed by atoms with Gasteiger partial charge in [0.25, 0.3) is 5.56 Å². The van der Waals surface area contributed by atoms with Crippen LogP contribution >= 0.6 is 0 Å². The molecular weight excluding hydrogens is 326 g/mol. The molecule has 0 amide bonds. The zero-order valence-electron chi connectivity index (χ0n) is 13.6. The molecule has 0 aliphatic heterocycles. The highest BCUT2D eigenvalue weighted by Gasteiger charge is 2.23. The fourth-order valence-electron chi connectivity index (χ4n) is 2.62. The van der Waals surface area contributed by atoms with E-state index in [4.69, 9.17) is 0 Å². The Kier molecular flexibility index (Phi) is 4.05. The fourth-order valence-corrected chi connectivity index (χ4v) is 2.62. The summed E-state index contributed by atoms with van der Waals surface area (Å²) in [5, 5.41) is 14.3. The largest absolute Gasteiger partial charge is 0.375 e. The van der Waals surface area contributed by atoms with E-state index in [0.717, 1.165) is 16.3 Å². The zero-order chi connectivity index (χ0) is 18.1. The second kappa shape index (κ2) is 6.19. The minimum Gasteiger partial charge on any atom is -0.375 e. The van der Waals surface area contributed by atoms with Gasteiger partial charge in [-0.25, -0.2) is 9.78 Å². The quantitative estimate of drug-likeness (QED) is 0.563. The van der Waals surface area contributed by atoms with Crippen LogP contribution in [0.2, 0.25) is 0 Å². The van der Waals surface area contributed by atoms with Crippen LogP contribution in [0.4, 0.5) is 11.4 Å². The van der Waals surface area contributed by atoms with Gasteiger partial charge < -0.3 is 5.32 Å². The van der Waals surface area contributed by atoms with Crippen LogP contribution in [0.15, 0.2) is 46.1 Å². The number of nitro groups is 1. The molecule has 0 bridgehead atoms. The van der Waals surface area contributed by atoms with Crippen molar-refractivity contribution >= 4 is 22.4 Å². The minimum atomic E-state index is -0.634. The normalized spacial score (nSPS) is 10.8. The average Bonchev–Trinajstić information content (AvgIpc) is 2.62. The van der Waals surface area contributed by atoms with Gasteiger partial charge in [-0.1, -0.05) is 30.3 Å². The van der Waals surface area contributed by atoms with E-state index in [-0.39, 0.29) is 29.0 Å². The number of hydrogen-bond acceptors (Lipinski definition) is 6. The maximum Gasteiger partial charge on any atom is 0.332 e. The maximum absolute atomic E-state index is 12.6. The predicted octanol–water partition coefficient (Wildman–Crippen LogP) is 1.15. The average molecular weight is 341 g/mol. The number of rotatable bonds is 4. The monoisotopic (exact) mass is 341 g/mol. The van der Waals surface area contributed by atoms with E-state index < -0.39 is 16.2 Å². The molecule has 0 unspecified atom stereocenters. The summed E-state index contributed by atoms with van der Waals surface area (Å²) in [7, 11) is 2.79. The van der Waals surface area contributed by atoms with Crippen LogP contribution < -0.4 is 16.6 Å². The molecule has 3 rings (SSSR count). The van der Waals surface area contributed by atoms with Crippen molar-refractivity contribution in [3.05, 3.63) is 73.0 Å². The minimum absolute atomic E-state index is 0.00901. The van der Waals surface area contributed by atoms with Crippen molar-refractivity contribution in [2.45, 2.75) is 6.54 Å². The molecule has 2 aromatic heterocycles. The number of nitrogens with zero attached hydrogens (tertiary/aromatic N) is 4. The maximum atomic E-state index is 12.6. The molecule has 0 aliphatic carbocycles. The number of aryl methyl sites for hydroxylation is 1. The Labute approximate surface area is 141 Å². The highest BCUT2D eigenvalue weighted by molar-refractivity contribution is 5.93. The highest BCUT2D eigenvalue weighted by atomic mass is 16.6. The Morgan fingerprint density at radius 3 is 2.48 bits per heavy atom. The number of anilines is 1. The summed E-state index contributed by atoms with van der Waals surface area (Å²) >= 11 is 0. The number of pyridine rings is 1. The third-order valence-electron chi connectivity index (χ3n) is 3.96. The molecule has 128 valence electrons. The lowest BCUT2D eigenvalue weighted by atomic mass is 10.2. The fraction of sp³-hybridized carbons (Fsp3) is 0.188. The molecule has 0 aliphatic rings. The van der Waals surface area contributed by atoms with Crippen molar-refractivity contribution in [3.63, 3.8) is 0 Å². The second-order valence-corrected chi connectivity index (χ2v) is 5.52. The van der Waals surface area contributed by atoms with Crippen LogP contribution in [0.5, 0.6) is 0 Å². The Balaban J connectivity index is 2.26. The molecule has 0 radical (unpaired) electrons. The van der Waals surface area contributed by atoms with Gasteiger partial charge in [-0.2, -0.15) is 0 Å². The number of hydrogen-bond donors (Lipinski definition) is 1. The first kappa shape index (κ1) is 16.4. The van der Waals surface area contributed by atoms with Crippen LogP contribution in [0, 0.1) is 10.1 Å². The summed E-state index contributed by atoms with van der Waals surface area (Å²) in [4.78, 5) is 39.3. The molecule has 0 saturated heterocycles. The summed E-state index contributed by atoms with van der Waals surface area (Å²) in [5.41, 5.74) is -0.468. The summed E-state index contributed by atoms with van der Waals surface area (Å²) in [6, 6.07) is 9.27. The van der Waals surface area contributed by atoms with Crippen molar-refractivity contribution < 1.29 is 4.92 Å². The molecule has 9 nitrogen and oxygen atoms in total. The summed E-state index contributed by atoms with van der Waals surface area (Å²) in [5.74, 6) is 0. The third-order valence-corrected chi connectivity index (χ3v) is 3.96. The molecule has 3 aromatic rings. The summed E-state index contributed by atoms with van der Waals surface area (Å²) in [6.07, 6.45) is 1.05. The van der Waals surface area contributed by atoms with Gasteiger partial charge in [0.1, 0.15) is 17.3 Å². The molecular formula is C16H15N5O4. The topological polar surface area (TPSA) is 112 Å². The van der Waals surface area contributed by atoms with Crippen molar-refractivity contribution in [1.82, 2.24) is 14.1 Å². The molecule has 2 heterocycles. The Morgan fingerprint density at radius 1 is 1.16 bits per heavy atom. The second-order valence-electron chi connectivity index (χ2n) is 5.52. The Morgan fingerprint density at radius 2 is 1.84 bits per heavy atom. The zero-order valence-corrected chi connectivity index (χ0v) is 13.6. The van der Waals surface area contributed by atoms with Gasteiger partial charge in [-0.3, -0.25) is 24.0 Å². The van der Waals surface area contributed by atoms with Crippen LogP contribution in [-0.2, 0) is 20.6 Å². The predicted molar refractivity (Wildman–Crippen MR) is 92.6 cm³/mol. The van der Waals surface area contributed by atoms with Gasteiger partial charge in [0.05, 0.1) is 4.92 Å². The van der Waals surface area contributed by atoms with Gasteiger partial charge in [-0.05, 0) is 5.56 Å². The van der Waals surface area contributed by atoms with E-state index in [1.165, 1.54) is 18.7 Å². The lowest BCUT2D eigenvalue weighted by molar-refractivity contribution is -0.384. The molecule has 0 fully saturated rings. The summed E-state index contributed by atoms with van der Waals surface area (Å²) < 4.78 is 2.09. The highest BCUT2D eigenvalue weighted by Crippen LogP contribution is 2.29. The molecule has 1 aromatic carbocycles. The lowest BCUT2D eigenvalue weighted by Crippen LogP contribution is -2.37. The van der Waals surface area contributed by atoms with E-state index >= 15 is 0 Å². The van der Waals surface area contributed by atoms with Crippen molar-refractivity contribution in [1.29, 1.82) is 0 Å². The number of benzene rings is 1. The van der Waals surface area contributed by atoms with Crippen LogP contribution in [0.25, 0.3) is 11.0 Å². The van der Waals surface area contributed by atoms with E-state index in [1.54, 1.807) is 0 Å². The first-order valence-corrected chi connectivity index (χ1v) is 7.42. The first-order chi connectivity index (χ1) is 11.9. The van der Waals surface area contributed by atoms with E-state index in [9.17, 15) is 19.7 Å². The van der Waals surface area contributed by atoms with Gasteiger partial charge in [0, 0.05) is 20.6 Å². The Hall–Kier alpha value is -3.49. The van der Waals surface area contributed by atoms with E-state index in [1.807, 2.05) is 30.3 Å². The number of nitrogens with one attached hydrogen (secondary N) is 1. The van der Waals surface area contributed by atoms with Crippen LogP contribution in [-0.4, -0.2) is 19.0 Å². The van der Waals surface area contributed by atoms with Gasteiger partial charge >= 0.3 is 11.4 Å². The molecule has 25 heavy (non-hydrogen) atoms. The first-order valence-electron chi connectivity index (χ1n) is 7.42. The van der Waals surface area contributed by atoms with Gasteiger partial charge in [0.15, 0.2) is 5.65 Å². The van der Waals surface area contributed by atoms with E-state index in [2.05, 4.69) is 10.3 Å². The van der Waals surface area contributed by atoms with Gasteiger partial charge in [0.2, 0.25) is 0 Å². The van der Waals surface area contributed by atoms with Crippen LogP contribution in [0.3, 0.4) is 0 Å². The van der Waals surface area contributed by atoms with Crippen molar-refractivity contribution in [3.8, 4) is 0 Å². The van der Waals surface area contributed by atoms with E-state index in [0.29, 0.717) is 0 Å². The smallest absolute Gasteiger partial charge is 0.332 e.